The number of fused-ring (bicyclic) bond motifs is 1. The molecule has 0 aliphatic heterocycles. The summed E-state index contributed by atoms with van der Waals surface area (Å²) in [4.78, 5) is 10.7. The van der Waals surface area contributed by atoms with Gasteiger partial charge in [-0.15, -0.1) is 0 Å². The van der Waals surface area contributed by atoms with E-state index in [1.165, 1.54) is 6.07 Å². The van der Waals surface area contributed by atoms with E-state index in [0.717, 1.165) is 5.39 Å². The Hall–Kier alpha value is -2.70. The van der Waals surface area contributed by atoms with Crippen LogP contribution in [0.25, 0.3) is 10.9 Å². The Morgan fingerprint density at radius 3 is 2.89 bits per heavy atom. The number of para-hydroxylation sites is 1. The van der Waals surface area contributed by atoms with Crippen LogP contribution in [0, 0.1) is 17.0 Å². The molecular weight excluding hydrogens is 248 g/mol. The first-order valence-electron chi connectivity index (χ1n) is 5.67. The van der Waals surface area contributed by atoms with Crippen molar-refractivity contribution < 1.29 is 9.55 Å². The molecule has 0 bridgehead atoms. The van der Waals surface area contributed by atoms with Gasteiger partial charge in [0.15, 0.2) is 0 Å². The lowest BCUT2D eigenvalue weighted by Gasteiger charge is -2.03. The second kappa shape index (κ2) is 4.20. The topological polar surface area (TPSA) is 87.0 Å². The van der Waals surface area contributed by atoms with E-state index in [9.17, 15) is 10.1 Å². The smallest absolute Gasteiger partial charge is 0.293 e. The van der Waals surface area contributed by atoms with Crippen molar-refractivity contribution in [3.63, 3.8) is 0 Å². The van der Waals surface area contributed by atoms with Gasteiger partial charge in [-0.3, -0.25) is 10.1 Å². The molecular formula is C12H10N4O3. The fraction of sp³-hybridized carbons (Fsp3) is 0.167. The summed E-state index contributed by atoms with van der Waals surface area (Å²) in [6.07, 6.45) is 1.80. The third-order valence-corrected chi connectivity index (χ3v) is 3.03. The molecule has 1 aromatic carbocycles. The molecule has 19 heavy (non-hydrogen) atoms. The molecule has 0 amide bonds. The molecule has 0 N–H and O–H groups in total. The molecule has 0 saturated carbocycles. The molecule has 96 valence electrons. The molecule has 7 nitrogen and oxygen atoms in total. The Kier molecular flexibility index (Phi) is 2.52. The third kappa shape index (κ3) is 1.85. The van der Waals surface area contributed by atoms with Gasteiger partial charge in [-0.2, -0.15) is 0 Å². The molecule has 0 unspecified atom stereocenters. The van der Waals surface area contributed by atoms with Gasteiger partial charge in [0.05, 0.1) is 11.5 Å². The van der Waals surface area contributed by atoms with Crippen molar-refractivity contribution in [3.8, 4) is 0 Å². The highest BCUT2D eigenvalue weighted by Gasteiger charge is 2.16. The third-order valence-electron chi connectivity index (χ3n) is 3.03. The van der Waals surface area contributed by atoms with Crippen molar-refractivity contribution in [3.05, 3.63) is 52.0 Å². The fourth-order valence-corrected chi connectivity index (χ4v) is 2.07. The van der Waals surface area contributed by atoms with Gasteiger partial charge in [-0.25, -0.2) is 4.63 Å². The zero-order valence-electron chi connectivity index (χ0n) is 10.1. The molecule has 0 atom stereocenters. The number of aryl methyl sites for hydroxylation is 1. The van der Waals surface area contributed by atoms with Gasteiger partial charge in [0.25, 0.3) is 5.69 Å². The van der Waals surface area contributed by atoms with E-state index in [0.29, 0.717) is 23.4 Å². The molecule has 0 saturated heterocycles. The van der Waals surface area contributed by atoms with Crippen LogP contribution >= 0.6 is 0 Å². The Morgan fingerprint density at radius 1 is 1.37 bits per heavy atom. The molecule has 0 fully saturated rings. The van der Waals surface area contributed by atoms with Crippen molar-refractivity contribution in [1.82, 2.24) is 14.9 Å². The Balaban J connectivity index is 2.14. The van der Waals surface area contributed by atoms with Crippen LogP contribution in [0.3, 0.4) is 0 Å². The lowest BCUT2D eigenvalue weighted by molar-refractivity contribution is -0.383. The Morgan fingerprint density at radius 2 is 2.21 bits per heavy atom. The fourth-order valence-electron chi connectivity index (χ4n) is 2.07. The lowest BCUT2D eigenvalue weighted by Crippen LogP contribution is -2.02. The van der Waals surface area contributed by atoms with Gasteiger partial charge in [0.2, 0.25) is 0 Å². The highest BCUT2D eigenvalue weighted by atomic mass is 16.6. The monoisotopic (exact) mass is 258 g/mol. The van der Waals surface area contributed by atoms with Crippen molar-refractivity contribution in [2.24, 2.45) is 0 Å². The van der Waals surface area contributed by atoms with Gasteiger partial charge >= 0.3 is 0 Å². The first-order valence-corrected chi connectivity index (χ1v) is 5.67. The predicted octanol–water partition coefficient (Wildman–Crippen LogP) is 2.29. The van der Waals surface area contributed by atoms with Crippen molar-refractivity contribution in [2.75, 3.05) is 0 Å². The summed E-state index contributed by atoms with van der Waals surface area (Å²) in [6.45, 7) is 2.18. The molecule has 2 aromatic heterocycles. The lowest BCUT2D eigenvalue weighted by atomic mass is 10.2. The Labute approximate surface area is 107 Å². The highest BCUT2D eigenvalue weighted by Crippen LogP contribution is 2.27. The van der Waals surface area contributed by atoms with Crippen LogP contribution in [-0.2, 0) is 6.54 Å². The number of nitro groups is 1. The van der Waals surface area contributed by atoms with Crippen LogP contribution in [0.2, 0.25) is 0 Å². The van der Waals surface area contributed by atoms with E-state index in [1.807, 2.05) is 12.1 Å². The zero-order valence-corrected chi connectivity index (χ0v) is 10.1. The average Bonchev–Trinajstić information content (AvgIpc) is 2.97. The summed E-state index contributed by atoms with van der Waals surface area (Å²) < 4.78 is 6.41. The van der Waals surface area contributed by atoms with Gasteiger partial charge in [-0.1, -0.05) is 22.4 Å². The average molecular weight is 258 g/mol. The highest BCUT2D eigenvalue weighted by molar-refractivity contribution is 5.88. The van der Waals surface area contributed by atoms with Crippen molar-refractivity contribution >= 4 is 16.6 Å². The molecule has 0 aliphatic rings. The Bertz CT molecular complexity index is 759. The van der Waals surface area contributed by atoms with Gasteiger partial charge < -0.3 is 4.57 Å². The number of nitro benzene ring substituents is 1. The number of non-ortho nitro benzene ring substituents is 1. The minimum Gasteiger partial charge on any atom is -0.336 e. The number of rotatable bonds is 3. The predicted molar refractivity (Wildman–Crippen MR) is 66.7 cm³/mol. The van der Waals surface area contributed by atoms with Crippen LogP contribution in [-0.4, -0.2) is 19.8 Å². The van der Waals surface area contributed by atoms with E-state index in [-0.39, 0.29) is 10.6 Å². The largest absolute Gasteiger partial charge is 0.336 e. The van der Waals surface area contributed by atoms with Crippen LogP contribution in [0.1, 0.15) is 11.4 Å². The normalized spacial score (nSPS) is 11.0. The second-order valence-electron chi connectivity index (χ2n) is 4.21. The summed E-state index contributed by atoms with van der Waals surface area (Å²) in [5, 5.41) is 19.4. The summed E-state index contributed by atoms with van der Waals surface area (Å²) in [6, 6.07) is 6.85. The molecule has 7 heteroatoms. The van der Waals surface area contributed by atoms with E-state index >= 15 is 0 Å². The molecule has 0 spiro atoms. The quantitative estimate of drug-likeness (QED) is 0.531. The summed E-state index contributed by atoms with van der Waals surface area (Å²) >= 11 is 0. The van der Waals surface area contributed by atoms with Crippen LogP contribution in [0.5, 0.6) is 0 Å². The first kappa shape index (κ1) is 11.4. The van der Waals surface area contributed by atoms with Crippen LogP contribution in [0.15, 0.2) is 35.1 Å². The zero-order chi connectivity index (χ0) is 13.4. The van der Waals surface area contributed by atoms with E-state index in [4.69, 9.17) is 0 Å². The molecule has 3 rings (SSSR count). The minimum absolute atomic E-state index is 0.0802. The molecule has 3 aromatic rings. The van der Waals surface area contributed by atoms with Gasteiger partial charge in [0, 0.05) is 17.6 Å². The van der Waals surface area contributed by atoms with Crippen LogP contribution in [0.4, 0.5) is 5.69 Å². The molecule has 0 aliphatic carbocycles. The van der Waals surface area contributed by atoms with Gasteiger partial charge in [0.1, 0.15) is 16.9 Å². The van der Waals surface area contributed by atoms with E-state index in [2.05, 4.69) is 14.9 Å². The maximum Gasteiger partial charge on any atom is 0.293 e. The number of hydrogen-bond acceptors (Lipinski definition) is 5. The molecule has 2 heterocycles. The van der Waals surface area contributed by atoms with E-state index in [1.54, 1.807) is 23.8 Å². The SMILES string of the molecule is Cc1nonc1Cn1ccc2cccc([N+](=O)[O-])c21. The second-order valence-corrected chi connectivity index (χ2v) is 4.21. The van der Waals surface area contributed by atoms with Crippen molar-refractivity contribution in [1.29, 1.82) is 0 Å². The number of nitrogens with zero attached hydrogens (tertiary/aromatic N) is 4. The van der Waals surface area contributed by atoms with Crippen LogP contribution < -0.4 is 0 Å². The van der Waals surface area contributed by atoms with Gasteiger partial charge in [-0.05, 0) is 13.0 Å². The maximum atomic E-state index is 11.1. The summed E-state index contributed by atoms with van der Waals surface area (Å²) in [5.74, 6) is 0. The van der Waals surface area contributed by atoms with E-state index < -0.39 is 0 Å². The number of aromatic nitrogens is 3. The maximum absolute atomic E-state index is 11.1. The minimum atomic E-state index is -0.382. The molecule has 0 radical (unpaired) electrons. The summed E-state index contributed by atoms with van der Waals surface area (Å²) in [5.41, 5.74) is 2.00. The number of benzene rings is 1. The first-order chi connectivity index (χ1) is 9.16. The number of hydrogen-bond donors (Lipinski definition) is 0. The summed E-state index contributed by atoms with van der Waals surface area (Å²) in [7, 11) is 0. The van der Waals surface area contributed by atoms with Crippen molar-refractivity contribution in [2.45, 2.75) is 13.5 Å². The standard InChI is InChI=1S/C12H10N4O3/c1-8-10(14-19-13-8)7-15-6-5-9-3-2-4-11(12(9)15)16(17)18/h2-6H,7H2,1H3.